The molecule has 1 aliphatic heterocycles. The lowest BCUT2D eigenvalue weighted by molar-refractivity contribution is 0.256. The Kier molecular flexibility index (Phi) is 6.53. The summed E-state index contributed by atoms with van der Waals surface area (Å²) in [7, 11) is -2.64. The zero-order valence-corrected chi connectivity index (χ0v) is 20.0. The molecule has 0 unspecified atom stereocenters. The van der Waals surface area contributed by atoms with Crippen molar-refractivity contribution in [1.82, 2.24) is 19.6 Å². The molecule has 0 saturated carbocycles. The molecule has 0 bridgehead atoms. The molecule has 35 heavy (non-hydrogen) atoms. The molecule has 1 aliphatic rings. The molecule has 3 aromatic rings. The molecule has 2 heterocycles. The predicted molar refractivity (Wildman–Crippen MR) is 132 cm³/mol. The molecule has 2 amide bonds. The number of amidine groups is 1. The maximum Gasteiger partial charge on any atom is 0.333 e. The van der Waals surface area contributed by atoms with Crippen LogP contribution in [0.1, 0.15) is 5.56 Å². The van der Waals surface area contributed by atoms with Crippen LogP contribution < -0.4 is 20.9 Å². The van der Waals surface area contributed by atoms with Crippen LogP contribution in [0, 0.1) is 11.2 Å². The van der Waals surface area contributed by atoms with E-state index in [1.807, 2.05) is 0 Å². The first-order chi connectivity index (χ1) is 16.6. The number of anilines is 1. The number of carbonyl (C=O) groups is 1. The number of amides is 2. The van der Waals surface area contributed by atoms with E-state index in [2.05, 4.69) is 27.1 Å². The van der Waals surface area contributed by atoms with Gasteiger partial charge in [0.2, 0.25) is 0 Å². The van der Waals surface area contributed by atoms with Gasteiger partial charge in [-0.1, -0.05) is 17.7 Å². The Balaban J connectivity index is 1.57. The van der Waals surface area contributed by atoms with E-state index in [0.29, 0.717) is 22.8 Å². The molecule has 4 rings (SSSR count). The number of carbonyl (C=O) groups excluding carboxylic acids is 1. The van der Waals surface area contributed by atoms with E-state index in [0.717, 1.165) is 17.0 Å². The molecule has 0 atom stereocenters. The Bertz CT molecular complexity index is 1690. The van der Waals surface area contributed by atoms with Gasteiger partial charge in [0, 0.05) is 18.3 Å². The fourth-order valence-corrected chi connectivity index (χ4v) is 5.22. The van der Waals surface area contributed by atoms with Crippen LogP contribution in [0.5, 0.6) is 0 Å². The number of sulfonamides is 1. The Labute approximate surface area is 206 Å². The van der Waals surface area contributed by atoms with Gasteiger partial charge >= 0.3 is 6.03 Å². The third kappa shape index (κ3) is 4.99. The second-order valence-corrected chi connectivity index (χ2v) is 10.4. The summed E-state index contributed by atoms with van der Waals surface area (Å²) >= 11 is 6.30. The number of aromatic nitrogens is 2. The van der Waals surface area contributed by atoms with Crippen LogP contribution in [0.2, 0.25) is 0 Å². The second-order valence-electron chi connectivity index (χ2n) is 6.92. The summed E-state index contributed by atoms with van der Waals surface area (Å²) in [5, 5.41) is 12.9. The van der Waals surface area contributed by atoms with Crippen molar-refractivity contribution in [2.45, 2.75) is 0 Å². The van der Waals surface area contributed by atoms with Crippen molar-refractivity contribution in [3.05, 3.63) is 84.5 Å². The van der Waals surface area contributed by atoms with Gasteiger partial charge in [0.05, 0.1) is 16.6 Å². The minimum Gasteiger partial charge on any atom is -0.373 e. The van der Waals surface area contributed by atoms with Crippen molar-refractivity contribution < 1.29 is 17.6 Å². The van der Waals surface area contributed by atoms with Gasteiger partial charge in [0.15, 0.2) is 4.24 Å². The normalized spacial score (nSPS) is 12.8. The highest BCUT2D eigenvalue weighted by molar-refractivity contribution is 8.21. The van der Waals surface area contributed by atoms with Gasteiger partial charge < -0.3 is 10.6 Å². The van der Waals surface area contributed by atoms with Gasteiger partial charge in [0.1, 0.15) is 22.3 Å². The number of nitrogens with zero attached hydrogens (tertiary/aromatic N) is 2. The first-order valence-corrected chi connectivity index (χ1v) is 12.3. The lowest BCUT2D eigenvalue weighted by Crippen LogP contribution is -2.34. The van der Waals surface area contributed by atoms with Crippen LogP contribution in [0.3, 0.4) is 0 Å². The number of thioether (sulfide) groups is 1. The third-order valence-electron chi connectivity index (χ3n) is 4.68. The van der Waals surface area contributed by atoms with Crippen LogP contribution in [0.4, 0.5) is 14.9 Å². The fraction of sp³-hybridized carbons (Fsp3) is 0.0476. The third-order valence-corrected chi connectivity index (χ3v) is 7.53. The molecule has 0 radical (unpaired) electrons. The van der Waals surface area contributed by atoms with Crippen molar-refractivity contribution >= 4 is 61.8 Å². The summed E-state index contributed by atoms with van der Waals surface area (Å²) in [6, 6.07) is 6.96. The Hall–Kier alpha value is -3.86. The maximum absolute atomic E-state index is 14.9. The zero-order chi connectivity index (χ0) is 25.3. The number of rotatable bonds is 5. The maximum atomic E-state index is 14.9. The van der Waals surface area contributed by atoms with Gasteiger partial charge in [-0.05, 0) is 53.6 Å². The number of urea groups is 1. The highest BCUT2D eigenvalue weighted by Gasteiger charge is 2.24. The molecule has 4 N–H and O–H groups in total. The lowest BCUT2D eigenvalue weighted by Gasteiger charge is -2.11. The van der Waals surface area contributed by atoms with Crippen molar-refractivity contribution in [2.75, 3.05) is 12.4 Å². The largest absolute Gasteiger partial charge is 0.373 e. The zero-order valence-electron chi connectivity index (χ0n) is 17.6. The highest BCUT2D eigenvalue weighted by atomic mass is 35.5. The van der Waals surface area contributed by atoms with E-state index in [1.54, 1.807) is 23.9 Å². The molecule has 10 nitrogen and oxygen atoms in total. The molecule has 0 aliphatic carbocycles. The summed E-state index contributed by atoms with van der Waals surface area (Å²) in [5.41, 5.74) is 4.80. The number of halogens is 2. The quantitative estimate of drug-likeness (QED) is 0.224. The van der Waals surface area contributed by atoms with Crippen LogP contribution in [0.25, 0.3) is 16.6 Å². The first-order valence-electron chi connectivity index (χ1n) is 9.60. The van der Waals surface area contributed by atoms with E-state index >= 15 is 0 Å². The van der Waals surface area contributed by atoms with Gasteiger partial charge in [-0.25, -0.2) is 18.9 Å². The number of nitrogens with one attached hydrogen (secondary N) is 4. The summed E-state index contributed by atoms with van der Waals surface area (Å²) in [4.78, 5) is 29.2. The topological polar surface area (TPSA) is 146 Å². The van der Waals surface area contributed by atoms with Crippen molar-refractivity contribution in [3.8, 4) is 5.69 Å². The van der Waals surface area contributed by atoms with Crippen molar-refractivity contribution in [1.29, 1.82) is 5.41 Å². The van der Waals surface area contributed by atoms with E-state index < -0.39 is 27.4 Å². The number of hydrogen-bond acceptors (Lipinski definition) is 7. The molecular weight excluding hydrogens is 519 g/mol. The number of hydrogen-bond donors (Lipinski definition) is 4. The average Bonchev–Trinajstić information content (AvgIpc) is 3.26. The minimum absolute atomic E-state index is 0.0553. The van der Waals surface area contributed by atoms with Crippen LogP contribution >= 0.6 is 23.4 Å². The van der Waals surface area contributed by atoms with E-state index in [1.165, 1.54) is 18.2 Å². The molecule has 0 fully saturated rings. The van der Waals surface area contributed by atoms with Crippen molar-refractivity contribution in [2.24, 2.45) is 0 Å². The molecule has 178 valence electrons. The smallest absolute Gasteiger partial charge is 0.333 e. The van der Waals surface area contributed by atoms with E-state index in [9.17, 15) is 22.4 Å². The molecule has 14 heteroatoms. The second kappa shape index (κ2) is 9.41. The highest BCUT2D eigenvalue weighted by Crippen LogP contribution is 2.33. The molecule has 0 spiro atoms. The summed E-state index contributed by atoms with van der Waals surface area (Å²) in [6.07, 6.45) is 1.15. The number of fused-ring (bicyclic) bond motifs is 1. The van der Waals surface area contributed by atoms with Crippen molar-refractivity contribution in [3.63, 3.8) is 0 Å². The van der Waals surface area contributed by atoms with Gasteiger partial charge in [-0.15, -0.1) is 0 Å². The van der Waals surface area contributed by atoms with E-state index in [4.69, 9.17) is 17.0 Å². The summed E-state index contributed by atoms with van der Waals surface area (Å²) in [5.74, 6) is -0.713. The summed E-state index contributed by atoms with van der Waals surface area (Å²) in [6.45, 7) is 0. The predicted octanol–water partition coefficient (Wildman–Crippen LogP) is 2.94. The monoisotopic (exact) mass is 532 g/mol. The molecule has 2 aromatic carbocycles. The van der Waals surface area contributed by atoms with Gasteiger partial charge in [-0.2, -0.15) is 8.42 Å². The Morgan fingerprint density at radius 2 is 2.00 bits per heavy atom. The molecule has 0 saturated heterocycles. The lowest BCUT2D eigenvalue weighted by atomic mass is 10.1. The van der Waals surface area contributed by atoms with E-state index in [-0.39, 0.29) is 31.2 Å². The average molecular weight is 533 g/mol. The summed E-state index contributed by atoms with van der Waals surface area (Å²) < 4.78 is 41.7. The van der Waals surface area contributed by atoms with Gasteiger partial charge in [-0.3, -0.25) is 14.8 Å². The standard InChI is InChI=1S/C21H14ClFN6O4S2/c1-25-19(24)11-2-4-13-15(8-11)26-10-29(20(13)30)16-5-3-12(9-14(16)23)27-21(31)28-35(32,33)18-7-6-17(22)34-18/h2-5,8-10H,1H3,(H2,24,25)(H2,27,28,31). The Morgan fingerprint density at radius 3 is 2.66 bits per heavy atom. The first kappa shape index (κ1) is 24.3. The molecule has 1 aromatic heterocycles. The molecular formula is C21H14ClFN6O4S2. The fourth-order valence-electron chi connectivity index (χ4n) is 3.05. The Morgan fingerprint density at radius 1 is 1.23 bits per heavy atom. The van der Waals surface area contributed by atoms with Crippen LogP contribution in [-0.4, -0.2) is 36.9 Å². The van der Waals surface area contributed by atoms with Gasteiger partial charge in [0.25, 0.3) is 15.6 Å². The SMILES string of the molecule is CNC(=N)c1ccc2c(=O)n(-c3ccc(NC(=O)NS(=O)(=O)C4=C=C=C(Cl)S4)cc3F)cnc2c1. The van der Waals surface area contributed by atoms with Crippen LogP contribution in [0.15, 0.2) is 67.6 Å². The minimum atomic E-state index is -4.24. The number of benzene rings is 2. The van der Waals surface area contributed by atoms with Crippen LogP contribution in [-0.2, 0) is 10.0 Å².